The van der Waals surface area contributed by atoms with Gasteiger partial charge in [0.2, 0.25) is 5.79 Å². The van der Waals surface area contributed by atoms with Crippen LogP contribution in [0.25, 0.3) is 0 Å². The standard InChI is InChI=1S/C27H40O6/c1-13-12-32-27(24(31)23(13)30)14(2)22-20(33-27)11-19-17-6-5-15-9-16(28)10-21(29)26(15,4)18(17)7-8-25(19,22)3/h5,14,16-24,28-31H,1,6-12H2,2-4H3/t14-,16-,17+,18?,19?,20-,21+,22-,23-,24-,25-,26-,27-/m0/s1. The second kappa shape index (κ2) is 7.14. The van der Waals surface area contributed by atoms with Gasteiger partial charge in [-0.1, -0.05) is 39.0 Å². The van der Waals surface area contributed by atoms with Crippen LogP contribution in [-0.2, 0) is 9.47 Å². The number of ether oxygens (including phenoxy) is 2. The van der Waals surface area contributed by atoms with Gasteiger partial charge >= 0.3 is 0 Å². The number of allylic oxidation sites excluding steroid dienone is 1. The average molecular weight is 461 g/mol. The van der Waals surface area contributed by atoms with Crippen molar-refractivity contribution in [1.29, 1.82) is 0 Å². The van der Waals surface area contributed by atoms with E-state index in [-0.39, 0.29) is 35.4 Å². The minimum Gasteiger partial charge on any atom is -0.393 e. The van der Waals surface area contributed by atoms with Crippen LogP contribution in [0.4, 0.5) is 0 Å². The number of hydrogen-bond acceptors (Lipinski definition) is 6. The molecule has 3 saturated carbocycles. The molecule has 6 nitrogen and oxygen atoms in total. The van der Waals surface area contributed by atoms with E-state index in [1.54, 1.807) is 0 Å². The Labute approximate surface area is 196 Å². The fraction of sp³-hybridized carbons (Fsp3) is 0.852. The topological polar surface area (TPSA) is 99.4 Å². The van der Waals surface area contributed by atoms with E-state index >= 15 is 0 Å². The van der Waals surface area contributed by atoms with Gasteiger partial charge in [0, 0.05) is 17.8 Å². The molecule has 2 saturated heterocycles. The quantitative estimate of drug-likeness (QED) is 0.415. The molecule has 6 rings (SSSR count). The van der Waals surface area contributed by atoms with Crippen molar-refractivity contribution < 1.29 is 29.9 Å². The van der Waals surface area contributed by atoms with Crippen LogP contribution in [0.5, 0.6) is 0 Å². The first-order chi connectivity index (χ1) is 15.5. The second-order valence-electron chi connectivity index (χ2n) is 12.5. The molecule has 1 spiro atoms. The van der Waals surface area contributed by atoms with Gasteiger partial charge in [-0.25, -0.2) is 0 Å². The molecule has 0 amide bonds. The van der Waals surface area contributed by atoms with E-state index in [0.29, 0.717) is 36.2 Å². The van der Waals surface area contributed by atoms with Gasteiger partial charge in [-0.2, -0.15) is 0 Å². The molecule has 13 atom stereocenters. The first-order valence-electron chi connectivity index (χ1n) is 12.9. The predicted octanol–water partition coefficient (Wildman–Crippen LogP) is 2.55. The van der Waals surface area contributed by atoms with E-state index in [2.05, 4.69) is 33.4 Å². The molecule has 33 heavy (non-hydrogen) atoms. The lowest BCUT2D eigenvalue weighted by atomic mass is 9.46. The van der Waals surface area contributed by atoms with Crippen LogP contribution in [0.2, 0.25) is 0 Å². The Morgan fingerprint density at radius 1 is 1.09 bits per heavy atom. The third kappa shape index (κ3) is 2.71. The van der Waals surface area contributed by atoms with Crippen LogP contribution in [-0.4, -0.2) is 63.3 Å². The molecule has 0 bridgehead atoms. The van der Waals surface area contributed by atoms with Crippen LogP contribution in [0.15, 0.2) is 23.8 Å². The molecule has 6 aliphatic rings. The normalized spacial score (nSPS) is 60.1. The number of aliphatic hydroxyl groups is 4. The zero-order chi connectivity index (χ0) is 23.5. The van der Waals surface area contributed by atoms with E-state index in [1.807, 2.05) is 0 Å². The van der Waals surface area contributed by atoms with Gasteiger partial charge < -0.3 is 29.9 Å². The first-order valence-corrected chi connectivity index (χ1v) is 12.9. The van der Waals surface area contributed by atoms with E-state index in [4.69, 9.17) is 9.47 Å². The Kier molecular flexibility index (Phi) is 4.91. The zero-order valence-electron chi connectivity index (χ0n) is 20.1. The zero-order valence-corrected chi connectivity index (χ0v) is 20.1. The minimum atomic E-state index is -1.16. The second-order valence-corrected chi connectivity index (χ2v) is 12.5. The van der Waals surface area contributed by atoms with Crippen LogP contribution in [0.3, 0.4) is 0 Å². The van der Waals surface area contributed by atoms with Crippen LogP contribution in [0.1, 0.15) is 59.3 Å². The van der Waals surface area contributed by atoms with Crippen molar-refractivity contribution in [2.24, 2.45) is 40.4 Å². The van der Waals surface area contributed by atoms with Gasteiger partial charge in [0.1, 0.15) is 12.2 Å². The lowest BCUT2D eigenvalue weighted by Gasteiger charge is -2.59. The highest BCUT2D eigenvalue weighted by Gasteiger charge is 2.71. The fourth-order valence-corrected chi connectivity index (χ4v) is 9.66. The van der Waals surface area contributed by atoms with E-state index in [1.165, 1.54) is 5.57 Å². The van der Waals surface area contributed by atoms with Gasteiger partial charge in [0.15, 0.2) is 0 Å². The highest BCUT2D eigenvalue weighted by molar-refractivity contribution is 5.28. The molecule has 2 unspecified atom stereocenters. The lowest BCUT2D eigenvalue weighted by molar-refractivity contribution is -0.315. The van der Waals surface area contributed by atoms with Crippen LogP contribution >= 0.6 is 0 Å². The minimum absolute atomic E-state index is 0.00162. The molecule has 184 valence electrons. The molecule has 4 N–H and O–H groups in total. The van der Waals surface area contributed by atoms with Crippen molar-refractivity contribution in [2.75, 3.05) is 6.61 Å². The summed E-state index contributed by atoms with van der Waals surface area (Å²) >= 11 is 0. The summed E-state index contributed by atoms with van der Waals surface area (Å²) < 4.78 is 12.7. The van der Waals surface area contributed by atoms with Gasteiger partial charge in [0.05, 0.1) is 24.9 Å². The van der Waals surface area contributed by atoms with Crippen molar-refractivity contribution in [3.8, 4) is 0 Å². The smallest absolute Gasteiger partial charge is 0.200 e. The van der Waals surface area contributed by atoms with Gasteiger partial charge in [-0.15, -0.1) is 0 Å². The molecular formula is C27H40O6. The first kappa shape index (κ1) is 22.7. The Bertz CT molecular complexity index is 886. The van der Waals surface area contributed by atoms with E-state index in [0.717, 1.165) is 25.7 Å². The molecule has 4 aliphatic carbocycles. The average Bonchev–Trinajstić information content (AvgIpc) is 3.22. The van der Waals surface area contributed by atoms with Crippen molar-refractivity contribution >= 4 is 0 Å². The van der Waals surface area contributed by atoms with Crippen molar-refractivity contribution in [1.82, 2.24) is 0 Å². The van der Waals surface area contributed by atoms with Crippen molar-refractivity contribution in [3.63, 3.8) is 0 Å². The molecule has 5 fully saturated rings. The number of aliphatic hydroxyl groups excluding tert-OH is 4. The van der Waals surface area contributed by atoms with Gasteiger partial charge in [-0.05, 0) is 66.8 Å². The maximum Gasteiger partial charge on any atom is 0.200 e. The molecular weight excluding hydrogens is 420 g/mol. The van der Waals surface area contributed by atoms with Crippen LogP contribution in [0, 0.1) is 40.4 Å². The number of fused-ring (bicyclic) bond motifs is 7. The Morgan fingerprint density at radius 2 is 1.85 bits per heavy atom. The molecule has 0 aromatic heterocycles. The Morgan fingerprint density at radius 3 is 2.61 bits per heavy atom. The maximum absolute atomic E-state index is 11.1. The Hall–Kier alpha value is -0.760. The summed E-state index contributed by atoms with van der Waals surface area (Å²) in [6.45, 7) is 10.8. The number of rotatable bonds is 0. The summed E-state index contributed by atoms with van der Waals surface area (Å²) in [7, 11) is 0. The third-order valence-electron chi connectivity index (χ3n) is 11.4. The van der Waals surface area contributed by atoms with Crippen molar-refractivity contribution in [3.05, 3.63) is 23.8 Å². The summed E-state index contributed by atoms with van der Waals surface area (Å²) in [5.74, 6) is 0.452. The van der Waals surface area contributed by atoms with E-state index in [9.17, 15) is 20.4 Å². The van der Waals surface area contributed by atoms with Gasteiger partial charge in [0.25, 0.3) is 0 Å². The highest BCUT2D eigenvalue weighted by Crippen LogP contribution is 2.70. The highest BCUT2D eigenvalue weighted by atomic mass is 16.7. The lowest BCUT2D eigenvalue weighted by Crippen LogP contribution is -2.60. The fourth-order valence-electron chi connectivity index (χ4n) is 9.66. The monoisotopic (exact) mass is 460 g/mol. The van der Waals surface area contributed by atoms with Gasteiger partial charge in [-0.3, -0.25) is 0 Å². The predicted molar refractivity (Wildman–Crippen MR) is 122 cm³/mol. The van der Waals surface area contributed by atoms with E-state index < -0.39 is 30.2 Å². The summed E-state index contributed by atoms with van der Waals surface area (Å²) in [5.41, 5.74) is 1.58. The number of hydrogen-bond donors (Lipinski definition) is 4. The SMILES string of the molecule is C=C1CO[C@@]2(O[C@H]3CC4[C@@H]5CC=C6C[C@H](O)C[C@@H](O)[C@]6(C)C5CC[C@]4(C)[C@H]3[C@@H]2C)[C@@H](O)[C@H]1O. The largest absolute Gasteiger partial charge is 0.393 e. The summed E-state index contributed by atoms with van der Waals surface area (Å²) in [5, 5.41) is 42.9. The molecule has 2 heterocycles. The summed E-state index contributed by atoms with van der Waals surface area (Å²) in [6, 6.07) is 0. The third-order valence-corrected chi connectivity index (χ3v) is 11.4. The Balaban J connectivity index is 1.31. The van der Waals surface area contributed by atoms with Crippen molar-refractivity contribution in [2.45, 2.75) is 95.6 Å². The molecule has 0 radical (unpaired) electrons. The molecule has 0 aromatic carbocycles. The molecule has 0 aromatic rings. The summed E-state index contributed by atoms with van der Waals surface area (Å²) in [6.07, 6.45) is 4.46. The molecule has 6 heteroatoms. The van der Waals surface area contributed by atoms with Crippen LogP contribution < -0.4 is 0 Å². The molecule has 2 aliphatic heterocycles. The maximum atomic E-state index is 11.1. The summed E-state index contributed by atoms with van der Waals surface area (Å²) in [4.78, 5) is 0.